The lowest BCUT2D eigenvalue weighted by Crippen LogP contribution is -2.50. The summed E-state index contributed by atoms with van der Waals surface area (Å²) in [5.41, 5.74) is 2.40. The van der Waals surface area contributed by atoms with Gasteiger partial charge in [-0.3, -0.25) is 4.79 Å². The number of carbonyl (C=O) groups is 2. The lowest BCUT2D eigenvalue weighted by Gasteiger charge is -2.33. The monoisotopic (exact) mass is 379 g/mol. The zero-order chi connectivity index (χ0) is 19.9. The van der Waals surface area contributed by atoms with Crippen LogP contribution in [0.2, 0.25) is 0 Å². The number of aromatic nitrogens is 1. The second-order valence-electron chi connectivity index (χ2n) is 6.23. The number of carbonyl (C=O) groups excluding carboxylic acids is 2. The molecule has 28 heavy (non-hydrogen) atoms. The SMILES string of the molecule is CCOC(=O)N1CCN(C(=O)c2ccc(Nc3cccc(C#N)c3)cn2)CC1. The van der Waals surface area contributed by atoms with Crippen molar-refractivity contribution < 1.29 is 14.3 Å². The first-order valence-electron chi connectivity index (χ1n) is 9.05. The summed E-state index contributed by atoms with van der Waals surface area (Å²) < 4.78 is 4.98. The quantitative estimate of drug-likeness (QED) is 0.877. The van der Waals surface area contributed by atoms with E-state index in [2.05, 4.69) is 16.4 Å². The lowest BCUT2D eigenvalue weighted by atomic mass is 10.2. The number of benzene rings is 1. The number of anilines is 2. The molecule has 1 aliphatic rings. The van der Waals surface area contributed by atoms with Crippen LogP contribution in [0.15, 0.2) is 42.6 Å². The van der Waals surface area contributed by atoms with Gasteiger partial charge in [0.15, 0.2) is 0 Å². The molecule has 8 nitrogen and oxygen atoms in total. The summed E-state index contributed by atoms with van der Waals surface area (Å²) in [6.07, 6.45) is 1.24. The topological polar surface area (TPSA) is 98.6 Å². The third-order valence-electron chi connectivity index (χ3n) is 4.36. The molecule has 0 atom stereocenters. The number of piperazine rings is 1. The van der Waals surface area contributed by atoms with E-state index in [1.54, 1.807) is 53.3 Å². The molecule has 0 unspecified atom stereocenters. The van der Waals surface area contributed by atoms with Crippen molar-refractivity contribution in [3.63, 3.8) is 0 Å². The minimum Gasteiger partial charge on any atom is -0.450 e. The number of pyridine rings is 1. The summed E-state index contributed by atoms with van der Waals surface area (Å²) in [6.45, 7) is 3.88. The van der Waals surface area contributed by atoms with Crippen LogP contribution in [0, 0.1) is 11.3 Å². The Morgan fingerprint density at radius 3 is 2.54 bits per heavy atom. The number of nitrogens with one attached hydrogen (secondary N) is 1. The second kappa shape index (κ2) is 8.86. The Labute approximate surface area is 163 Å². The molecule has 1 aromatic carbocycles. The Bertz CT molecular complexity index is 883. The first kappa shape index (κ1) is 19.2. The van der Waals surface area contributed by atoms with E-state index in [-0.39, 0.29) is 12.0 Å². The standard InChI is InChI=1S/C20H21N5O3/c1-2-28-20(27)25-10-8-24(9-11-25)19(26)18-7-6-17(14-22-18)23-16-5-3-4-15(12-16)13-21/h3-7,12,14,23H,2,8-11H2,1H3. The Morgan fingerprint density at radius 1 is 1.14 bits per heavy atom. The van der Waals surface area contributed by atoms with Gasteiger partial charge in [0.1, 0.15) is 5.69 Å². The van der Waals surface area contributed by atoms with Gasteiger partial charge in [0.05, 0.1) is 30.1 Å². The Hall–Kier alpha value is -3.60. The number of rotatable bonds is 4. The fourth-order valence-corrected chi connectivity index (χ4v) is 2.90. The fourth-order valence-electron chi connectivity index (χ4n) is 2.90. The maximum absolute atomic E-state index is 12.6. The molecule has 1 saturated heterocycles. The van der Waals surface area contributed by atoms with Gasteiger partial charge in [-0.15, -0.1) is 0 Å². The summed E-state index contributed by atoms with van der Waals surface area (Å²) in [7, 11) is 0. The Balaban J connectivity index is 1.58. The molecule has 144 valence electrons. The van der Waals surface area contributed by atoms with E-state index in [0.717, 1.165) is 11.4 Å². The molecule has 1 aromatic heterocycles. The van der Waals surface area contributed by atoms with E-state index < -0.39 is 0 Å². The highest BCUT2D eigenvalue weighted by Gasteiger charge is 2.26. The number of hydrogen-bond acceptors (Lipinski definition) is 6. The first-order chi connectivity index (χ1) is 13.6. The van der Waals surface area contributed by atoms with E-state index in [0.29, 0.717) is 44.0 Å². The van der Waals surface area contributed by atoms with Crippen LogP contribution in [0.3, 0.4) is 0 Å². The third-order valence-corrected chi connectivity index (χ3v) is 4.36. The molecule has 3 rings (SSSR count). The van der Waals surface area contributed by atoms with Crippen molar-refractivity contribution in [3.8, 4) is 6.07 Å². The highest BCUT2D eigenvalue weighted by molar-refractivity contribution is 5.92. The van der Waals surface area contributed by atoms with Crippen molar-refractivity contribution in [1.29, 1.82) is 5.26 Å². The highest BCUT2D eigenvalue weighted by Crippen LogP contribution is 2.17. The smallest absolute Gasteiger partial charge is 0.409 e. The van der Waals surface area contributed by atoms with E-state index in [1.807, 2.05) is 6.07 Å². The summed E-state index contributed by atoms with van der Waals surface area (Å²) in [5.74, 6) is -0.165. The zero-order valence-electron chi connectivity index (χ0n) is 15.6. The molecule has 2 amide bonds. The first-order valence-corrected chi connectivity index (χ1v) is 9.05. The number of ether oxygens (including phenoxy) is 1. The van der Waals surface area contributed by atoms with Crippen LogP contribution in [0.5, 0.6) is 0 Å². The van der Waals surface area contributed by atoms with Crippen molar-refractivity contribution >= 4 is 23.4 Å². The van der Waals surface area contributed by atoms with Crippen molar-refractivity contribution in [1.82, 2.24) is 14.8 Å². The van der Waals surface area contributed by atoms with E-state index in [4.69, 9.17) is 10.00 Å². The van der Waals surface area contributed by atoms with Gasteiger partial charge in [-0.1, -0.05) is 6.07 Å². The van der Waals surface area contributed by atoms with Gasteiger partial charge in [-0.05, 0) is 37.3 Å². The average Bonchev–Trinajstić information content (AvgIpc) is 2.74. The van der Waals surface area contributed by atoms with Crippen LogP contribution in [-0.4, -0.2) is 59.6 Å². The van der Waals surface area contributed by atoms with Crippen LogP contribution in [0.4, 0.5) is 16.2 Å². The number of amides is 2. The van der Waals surface area contributed by atoms with Crippen molar-refractivity contribution in [2.45, 2.75) is 6.92 Å². The number of nitriles is 1. The normalized spacial score (nSPS) is 13.6. The second-order valence-corrected chi connectivity index (χ2v) is 6.23. The van der Waals surface area contributed by atoms with Crippen LogP contribution in [0.25, 0.3) is 0 Å². The van der Waals surface area contributed by atoms with E-state index in [9.17, 15) is 9.59 Å². The molecule has 0 spiro atoms. The molecule has 0 bridgehead atoms. The summed E-state index contributed by atoms with van der Waals surface area (Å²) in [6, 6.07) is 12.6. The molecule has 0 aliphatic carbocycles. The van der Waals surface area contributed by atoms with Crippen LogP contribution < -0.4 is 5.32 Å². The van der Waals surface area contributed by atoms with Crippen LogP contribution >= 0.6 is 0 Å². The van der Waals surface area contributed by atoms with E-state index in [1.165, 1.54) is 0 Å². The Kier molecular flexibility index (Phi) is 6.07. The molecule has 2 heterocycles. The maximum atomic E-state index is 12.6. The minimum atomic E-state index is -0.344. The predicted octanol–water partition coefficient (Wildman–Crippen LogP) is 2.61. The molecule has 8 heteroatoms. The molecule has 0 radical (unpaired) electrons. The zero-order valence-corrected chi connectivity index (χ0v) is 15.6. The summed E-state index contributed by atoms with van der Waals surface area (Å²) >= 11 is 0. The molecule has 2 aromatic rings. The molecule has 1 N–H and O–H groups in total. The minimum absolute atomic E-state index is 0.165. The fraction of sp³-hybridized carbons (Fsp3) is 0.300. The van der Waals surface area contributed by atoms with Crippen molar-refractivity contribution in [3.05, 3.63) is 53.9 Å². The van der Waals surface area contributed by atoms with Gasteiger partial charge in [0, 0.05) is 31.9 Å². The van der Waals surface area contributed by atoms with Gasteiger partial charge < -0.3 is 19.9 Å². The number of nitrogens with zero attached hydrogens (tertiary/aromatic N) is 4. The summed E-state index contributed by atoms with van der Waals surface area (Å²) in [4.78, 5) is 31.9. The van der Waals surface area contributed by atoms with Crippen molar-refractivity contribution in [2.24, 2.45) is 0 Å². The lowest BCUT2D eigenvalue weighted by molar-refractivity contribution is 0.0566. The third kappa shape index (κ3) is 4.57. The molecule has 0 saturated carbocycles. The molecule has 1 aliphatic heterocycles. The molecular weight excluding hydrogens is 358 g/mol. The number of hydrogen-bond donors (Lipinski definition) is 1. The van der Waals surface area contributed by atoms with Crippen LogP contribution in [0.1, 0.15) is 23.0 Å². The maximum Gasteiger partial charge on any atom is 0.409 e. The largest absolute Gasteiger partial charge is 0.450 e. The van der Waals surface area contributed by atoms with Gasteiger partial charge in [0.25, 0.3) is 5.91 Å². The van der Waals surface area contributed by atoms with E-state index >= 15 is 0 Å². The van der Waals surface area contributed by atoms with Gasteiger partial charge >= 0.3 is 6.09 Å². The van der Waals surface area contributed by atoms with Gasteiger partial charge in [0.2, 0.25) is 0 Å². The molecular formula is C20H21N5O3. The summed E-state index contributed by atoms with van der Waals surface area (Å²) in [5, 5.41) is 12.1. The molecule has 1 fully saturated rings. The predicted molar refractivity (Wildman–Crippen MR) is 103 cm³/mol. The van der Waals surface area contributed by atoms with Crippen LogP contribution in [-0.2, 0) is 4.74 Å². The van der Waals surface area contributed by atoms with Gasteiger partial charge in [-0.2, -0.15) is 5.26 Å². The Morgan fingerprint density at radius 2 is 1.89 bits per heavy atom. The highest BCUT2D eigenvalue weighted by atomic mass is 16.6. The van der Waals surface area contributed by atoms with Crippen molar-refractivity contribution in [2.75, 3.05) is 38.1 Å². The average molecular weight is 379 g/mol. The van der Waals surface area contributed by atoms with Gasteiger partial charge in [-0.25, -0.2) is 9.78 Å².